The maximum absolute atomic E-state index is 12.6. The number of phenols is 2. The van der Waals surface area contributed by atoms with Gasteiger partial charge in [0.2, 0.25) is 11.7 Å². The number of anilines is 1. The minimum atomic E-state index is -0.381. The van der Waals surface area contributed by atoms with E-state index in [1.165, 1.54) is 24.3 Å². The number of phenolic OH excluding ortho intramolecular Hbond substituents is 2. The number of hydrogen-bond donors (Lipinski definition) is 3. The molecule has 8 heteroatoms. The summed E-state index contributed by atoms with van der Waals surface area (Å²) in [5, 5.41) is 21.9. The van der Waals surface area contributed by atoms with Crippen LogP contribution in [0.25, 0.3) is 18.2 Å². The van der Waals surface area contributed by atoms with E-state index in [-0.39, 0.29) is 17.4 Å². The first kappa shape index (κ1) is 25.0. The van der Waals surface area contributed by atoms with Crippen molar-refractivity contribution in [2.45, 2.75) is 0 Å². The Balaban J connectivity index is 1.86. The van der Waals surface area contributed by atoms with E-state index in [0.717, 1.165) is 11.1 Å². The molecule has 0 radical (unpaired) electrons. The zero-order chi connectivity index (χ0) is 25.4. The lowest BCUT2D eigenvalue weighted by molar-refractivity contribution is -0.111. The van der Waals surface area contributed by atoms with E-state index in [0.29, 0.717) is 34.2 Å². The van der Waals surface area contributed by atoms with Crippen molar-refractivity contribution in [3.05, 3.63) is 71.3 Å². The number of amides is 1. The summed E-state index contributed by atoms with van der Waals surface area (Å²) in [5.41, 5.74) is 2.64. The first-order valence-corrected chi connectivity index (χ1v) is 10.6. The Hall–Kier alpha value is -4.59. The van der Waals surface area contributed by atoms with Gasteiger partial charge in [-0.1, -0.05) is 18.2 Å². The number of nitrogens with one attached hydrogen (secondary N) is 1. The van der Waals surface area contributed by atoms with Crippen LogP contribution in [0.4, 0.5) is 5.69 Å². The molecule has 0 heterocycles. The van der Waals surface area contributed by atoms with E-state index in [9.17, 15) is 15.0 Å². The summed E-state index contributed by atoms with van der Waals surface area (Å²) >= 11 is 0. The van der Waals surface area contributed by atoms with Gasteiger partial charge in [0.25, 0.3) is 0 Å². The Labute approximate surface area is 203 Å². The Morgan fingerprint density at radius 3 is 2.06 bits per heavy atom. The third-order valence-electron chi connectivity index (χ3n) is 5.09. The summed E-state index contributed by atoms with van der Waals surface area (Å²) in [5.74, 6) is 1.26. The third kappa shape index (κ3) is 6.26. The summed E-state index contributed by atoms with van der Waals surface area (Å²) in [4.78, 5) is 12.6. The molecule has 0 aliphatic heterocycles. The highest BCUT2D eigenvalue weighted by molar-refractivity contribution is 6.03. The predicted molar refractivity (Wildman–Crippen MR) is 135 cm³/mol. The Morgan fingerprint density at radius 1 is 0.743 bits per heavy atom. The summed E-state index contributed by atoms with van der Waals surface area (Å²) in [6.07, 6.45) is 6.56. The number of hydrogen-bond acceptors (Lipinski definition) is 7. The van der Waals surface area contributed by atoms with Crippen molar-refractivity contribution in [3.63, 3.8) is 0 Å². The average molecular weight is 478 g/mol. The molecule has 3 rings (SSSR count). The Morgan fingerprint density at radius 2 is 1.46 bits per heavy atom. The zero-order valence-corrected chi connectivity index (χ0v) is 19.9. The SMILES string of the molecule is COc1ccc(C=Cc2cc(OC)c(OC)c(OC)c2)c(NC(=O)/C=C/c2ccc(O)c(O)c2)c1. The Kier molecular flexibility index (Phi) is 8.24. The lowest BCUT2D eigenvalue weighted by Gasteiger charge is -2.13. The molecule has 0 saturated carbocycles. The van der Waals surface area contributed by atoms with Crippen molar-refractivity contribution in [1.82, 2.24) is 0 Å². The molecule has 0 aliphatic rings. The molecule has 0 fully saturated rings. The van der Waals surface area contributed by atoms with Crippen molar-refractivity contribution in [3.8, 4) is 34.5 Å². The lowest BCUT2D eigenvalue weighted by Crippen LogP contribution is -2.09. The molecule has 0 bridgehead atoms. The van der Waals surface area contributed by atoms with E-state index in [1.807, 2.05) is 30.4 Å². The molecular weight excluding hydrogens is 450 g/mol. The second-order valence-electron chi connectivity index (χ2n) is 7.32. The number of carbonyl (C=O) groups excluding carboxylic acids is 1. The highest BCUT2D eigenvalue weighted by atomic mass is 16.5. The van der Waals surface area contributed by atoms with Crippen LogP contribution in [0.3, 0.4) is 0 Å². The fourth-order valence-electron chi connectivity index (χ4n) is 3.29. The fourth-order valence-corrected chi connectivity index (χ4v) is 3.29. The van der Waals surface area contributed by atoms with Gasteiger partial charge in [-0.15, -0.1) is 0 Å². The van der Waals surface area contributed by atoms with Crippen LogP contribution in [0.2, 0.25) is 0 Å². The van der Waals surface area contributed by atoms with Crippen LogP contribution in [0.1, 0.15) is 16.7 Å². The quantitative estimate of drug-likeness (QED) is 0.227. The van der Waals surface area contributed by atoms with Crippen LogP contribution in [-0.2, 0) is 4.79 Å². The van der Waals surface area contributed by atoms with Crippen LogP contribution < -0.4 is 24.3 Å². The molecule has 8 nitrogen and oxygen atoms in total. The summed E-state index contributed by atoms with van der Waals surface area (Å²) in [7, 11) is 6.19. The summed E-state index contributed by atoms with van der Waals surface area (Å²) in [6, 6.07) is 13.2. The van der Waals surface area contributed by atoms with Gasteiger partial charge in [-0.05, 0) is 59.2 Å². The molecule has 0 unspecified atom stereocenters. The van der Waals surface area contributed by atoms with Crippen molar-refractivity contribution in [1.29, 1.82) is 0 Å². The van der Waals surface area contributed by atoms with Crippen molar-refractivity contribution in [2.24, 2.45) is 0 Å². The van der Waals surface area contributed by atoms with E-state index in [1.54, 1.807) is 46.6 Å². The zero-order valence-electron chi connectivity index (χ0n) is 19.9. The molecule has 3 aromatic carbocycles. The van der Waals surface area contributed by atoms with Crippen LogP contribution in [-0.4, -0.2) is 44.6 Å². The fraction of sp³-hybridized carbons (Fsp3) is 0.148. The second-order valence-corrected chi connectivity index (χ2v) is 7.32. The van der Waals surface area contributed by atoms with Gasteiger partial charge in [-0.25, -0.2) is 0 Å². The van der Waals surface area contributed by atoms with Crippen LogP contribution in [0.5, 0.6) is 34.5 Å². The number of ether oxygens (including phenoxy) is 4. The number of methoxy groups -OCH3 is 4. The number of carbonyl (C=O) groups is 1. The monoisotopic (exact) mass is 477 g/mol. The average Bonchev–Trinajstić information content (AvgIpc) is 2.87. The standard InChI is InChI=1S/C27H27NO7/c1-32-20-10-9-19(8-5-18-14-24(33-2)27(35-4)25(15-18)34-3)21(16-20)28-26(31)12-7-17-6-11-22(29)23(30)13-17/h5-16,29-30H,1-4H3,(H,28,31)/b8-5?,12-7+. The highest BCUT2D eigenvalue weighted by Crippen LogP contribution is 2.38. The molecule has 3 aromatic rings. The highest BCUT2D eigenvalue weighted by Gasteiger charge is 2.12. The first-order chi connectivity index (χ1) is 16.9. The van der Waals surface area contributed by atoms with E-state index >= 15 is 0 Å². The van der Waals surface area contributed by atoms with E-state index in [4.69, 9.17) is 18.9 Å². The van der Waals surface area contributed by atoms with Gasteiger partial charge in [0.15, 0.2) is 23.0 Å². The van der Waals surface area contributed by atoms with Gasteiger partial charge in [0, 0.05) is 12.1 Å². The largest absolute Gasteiger partial charge is 0.504 e. The topological polar surface area (TPSA) is 106 Å². The minimum absolute atomic E-state index is 0.230. The van der Waals surface area contributed by atoms with E-state index in [2.05, 4.69) is 5.32 Å². The molecule has 3 N–H and O–H groups in total. The molecule has 0 aliphatic carbocycles. The molecular formula is C27H27NO7. The molecule has 0 aromatic heterocycles. The molecule has 1 amide bonds. The molecule has 0 saturated heterocycles. The number of aromatic hydroxyl groups is 2. The van der Waals surface area contributed by atoms with Crippen LogP contribution >= 0.6 is 0 Å². The van der Waals surface area contributed by atoms with Crippen LogP contribution in [0.15, 0.2) is 54.6 Å². The van der Waals surface area contributed by atoms with Gasteiger partial charge in [0.1, 0.15) is 5.75 Å². The van der Waals surface area contributed by atoms with Gasteiger partial charge in [-0.2, -0.15) is 0 Å². The molecule has 0 spiro atoms. The smallest absolute Gasteiger partial charge is 0.248 e. The van der Waals surface area contributed by atoms with Gasteiger partial charge in [0.05, 0.1) is 34.1 Å². The van der Waals surface area contributed by atoms with Gasteiger partial charge >= 0.3 is 0 Å². The van der Waals surface area contributed by atoms with Crippen molar-refractivity contribution < 1.29 is 34.0 Å². The van der Waals surface area contributed by atoms with Crippen molar-refractivity contribution >= 4 is 29.8 Å². The summed E-state index contributed by atoms with van der Waals surface area (Å²) in [6.45, 7) is 0. The molecule has 35 heavy (non-hydrogen) atoms. The normalized spacial score (nSPS) is 11.0. The predicted octanol–water partition coefficient (Wildman–Crippen LogP) is 4.95. The maximum atomic E-state index is 12.6. The van der Waals surface area contributed by atoms with Crippen LogP contribution in [0, 0.1) is 0 Å². The maximum Gasteiger partial charge on any atom is 0.248 e. The minimum Gasteiger partial charge on any atom is -0.504 e. The van der Waals surface area contributed by atoms with E-state index < -0.39 is 0 Å². The first-order valence-electron chi connectivity index (χ1n) is 10.6. The number of rotatable bonds is 9. The molecule has 182 valence electrons. The summed E-state index contributed by atoms with van der Waals surface area (Å²) < 4.78 is 21.5. The number of benzene rings is 3. The van der Waals surface area contributed by atoms with Crippen molar-refractivity contribution in [2.75, 3.05) is 33.8 Å². The van der Waals surface area contributed by atoms with Gasteiger partial charge in [-0.3, -0.25) is 4.79 Å². The Bertz CT molecular complexity index is 1240. The molecule has 0 atom stereocenters. The van der Waals surface area contributed by atoms with Gasteiger partial charge < -0.3 is 34.5 Å². The third-order valence-corrected chi connectivity index (χ3v) is 5.09. The lowest BCUT2D eigenvalue weighted by atomic mass is 10.1. The second kappa shape index (κ2) is 11.5.